The predicted molar refractivity (Wildman–Crippen MR) is 53.5 cm³/mol. The van der Waals surface area contributed by atoms with E-state index in [1.807, 2.05) is 0 Å². The van der Waals surface area contributed by atoms with Crippen molar-refractivity contribution < 1.29 is 19.4 Å². The highest BCUT2D eigenvalue weighted by Crippen LogP contribution is 2.18. The van der Waals surface area contributed by atoms with Crippen LogP contribution in [0.2, 0.25) is 0 Å². The van der Waals surface area contributed by atoms with Crippen LogP contribution in [0, 0.1) is 0 Å². The SMILES string of the molecule is O=C(O)c1occc1CSCCCO. The second kappa shape index (κ2) is 5.72. The van der Waals surface area contributed by atoms with Crippen molar-refractivity contribution in [3.8, 4) is 0 Å². The number of carboxylic acid groups (broad SMARTS) is 1. The Bertz CT molecular complexity index is 295. The molecule has 0 spiro atoms. The molecule has 14 heavy (non-hydrogen) atoms. The van der Waals surface area contributed by atoms with Gasteiger partial charge in [-0.2, -0.15) is 11.8 Å². The number of thioether (sulfide) groups is 1. The quantitative estimate of drug-likeness (QED) is 0.707. The molecule has 0 bridgehead atoms. The number of carboxylic acids is 1. The molecule has 2 N–H and O–H groups in total. The second-order valence-corrected chi connectivity index (χ2v) is 3.82. The van der Waals surface area contributed by atoms with Gasteiger partial charge in [0.05, 0.1) is 6.26 Å². The van der Waals surface area contributed by atoms with E-state index in [0.29, 0.717) is 11.3 Å². The van der Waals surface area contributed by atoms with Crippen LogP contribution in [0.3, 0.4) is 0 Å². The minimum absolute atomic E-state index is 0.0153. The first-order chi connectivity index (χ1) is 6.75. The van der Waals surface area contributed by atoms with Crippen molar-refractivity contribution in [1.29, 1.82) is 0 Å². The summed E-state index contributed by atoms with van der Waals surface area (Å²) in [6.07, 6.45) is 2.11. The number of carbonyl (C=O) groups is 1. The van der Waals surface area contributed by atoms with Crippen molar-refractivity contribution in [2.45, 2.75) is 12.2 Å². The fourth-order valence-electron chi connectivity index (χ4n) is 0.986. The zero-order chi connectivity index (χ0) is 10.4. The van der Waals surface area contributed by atoms with E-state index in [1.54, 1.807) is 17.8 Å². The minimum atomic E-state index is -1.03. The zero-order valence-corrected chi connectivity index (χ0v) is 8.42. The van der Waals surface area contributed by atoms with Crippen LogP contribution in [0.15, 0.2) is 16.7 Å². The third kappa shape index (κ3) is 3.08. The molecule has 4 nitrogen and oxygen atoms in total. The van der Waals surface area contributed by atoms with Crippen LogP contribution >= 0.6 is 11.8 Å². The molecule has 1 heterocycles. The van der Waals surface area contributed by atoms with Gasteiger partial charge >= 0.3 is 5.97 Å². The van der Waals surface area contributed by atoms with Gasteiger partial charge in [0.25, 0.3) is 0 Å². The van der Waals surface area contributed by atoms with E-state index in [4.69, 9.17) is 14.6 Å². The van der Waals surface area contributed by atoms with Gasteiger partial charge < -0.3 is 14.6 Å². The molecule has 1 rings (SSSR count). The number of rotatable bonds is 6. The van der Waals surface area contributed by atoms with E-state index >= 15 is 0 Å². The Morgan fingerprint density at radius 2 is 2.36 bits per heavy atom. The van der Waals surface area contributed by atoms with Gasteiger partial charge in [-0.3, -0.25) is 0 Å². The first-order valence-corrected chi connectivity index (χ1v) is 5.39. The Hall–Kier alpha value is -0.940. The van der Waals surface area contributed by atoms with Crippen molar-refractivity contribution in [1.82, 2.24) is 0 Å². The fourth-order valence-corrected chi connectivity index (χ4v) is 1.91. The molecule has 0 atom stereocenters. The van der Waals surface area contributed by atoms with E-state index in [9.17, 15) is 4.79 Å². The van der Waals surface area contributed by atoms with Gasteiger partial charge in [0.1, 0.15) is 0 Å². The highest BCUT2D eigenvalue weighted by Gasteiger charge is 2.12. The number of hydrogen-bond acceptors (Lipinski definition) is 4. The van der Waals surface area contributed by atoms with E-state index in [1.165, 1.54) is 6.26 Å². The average Bonchev–Trinajstić information content (AvgIpc) is 2.60. The summed E-state index contributed by atoms with van der Waals surface area (Å²) in [5, 5.41) is 17.3. The smallest absolute Gasteiger partial charge is 0.372 e. The second-order valence-electron chi connectivity index (χ2n) is 2.71. The summed E-state index contributed by atoms with van der Waals surface area (Å²) in [5.41, 5.74) is 0.695. The molecule has 0 fully saturated rings. The van der Waals surface area contributed by atoms with Gasteiger partial charge in [-0.1, -0.05) is 0 Å². The normalized spacial score (nSPS) is 10.4. The Morgan fingerprint density at radius 1 is 1.57 bits per heavy atom. The van der Waals surface area contributed by atoms with Gasteiger partial charge in [-0.05, 0) is 18.2 Å². The molecule has 0 aromatic carbocycles. The first kappa shape index (κ1) is 11.1. The summed E-state index contributed by atoms with van der Waals surface area (Å²) < 4.78 is 4.82. The Balaban J connectivity index is 2.42. The molecular weight excluding hydrogens is 204 g/mol. The van der Waals surface area contributed by atoms with E-state index in [2.05, 4.69) is 0 Å². The number of aliphatic hydroxyl groups is 1. The standard InChI is InChI=1S/C9H12O4S/c10-3-1-5-14-6-7-2-4-13-8(7)9(11)12/h2,4,10H,1,3,5-6H2,(H,11,12). The topological polar surface area (TPSA) is 70.7 Å². The third-order valence-electron chi connectivity index (χ3n) is 1.65. The molecule has 0 radical (unpaired) electrons. The summed E-state index contributed by atoms with van der Waals surface area (Å²) in [6, 6.07) is 1.66. The molecule has 1 aromatic rings. The van der Waals surface area contributed by atoms with Crippen molar-refractivity contribution >= 4 is 17.7 Å². The van der Waals surface area contributed by atoms with Crippen LogP contribution in [0.4, 0.5) is 0 Å². The average molecular weight is 216 g/mol. The van der Waals surface area contributed by atoms with Gasteiger partial charge in [-0.15, -0.1) is 0 Å². The molecule has 0 amide bonds. The Morgan fingerprint density at radius 3 is 3.00 bits per heavy atom. The Labute approximate surface area is 85.9 Å². The monoisotopic (exact) mass is 216 g/mol. The van der Waals surface area contributed by atoms with Crippen LogP contribution in [-0.2, 0) is 5.75 Å². The predicted octanol–water partition coefficient (Wildman–Crippen LogP) is 1.59. The number of furan rings is 1. The maximum absolute atomic E-state index is 10.6. The molecule has 0 unspecified atom stereocenters. The molecule has 78 valence electrons. The van der Waals surface area contributed by atoms with Crippen molar-refractivity contribution in [3.63, 3.8) is 0 Å². The maximum Gasteiger partial charge on any atom is 0.372 e. The highest BCUT2D eigenvalue weighted by molar-refractivity contribution is 7.98. The van der Waals surface area contributed by atoms with E-state index in [-0.39, 0.29) is 12.4 Å². The third-order valence-corrected chi connectivity index (χ3v) is 2.74. The van der Waals surface area contributed by atoms with Crippen LogP contribution < -0.4 is 0 Å². The summed E-state index contributed by atoms with van der Waals surface area (Å²) in [4.78, 5) is 10.6. The van der Waals surface area contributed by atoms with Crippen molar-refractivity contribution in [2.75, 3.05) is 12.4 Å². The lowest BCUT2D eigenvalue weighted by atomic mass is 10.3. The van der Waals surface area contributed by atoms with Gasteiger partial charge in [-0.25, -0.2) is 4.79 Å². The molecular formula is C9H12O4S. The van der Waals surface area contributed by atoms with Crippen molar-refractivity contribution in [3.05, 3.63) is 23.7 Å². The van der Waals surface area contributed by atoms with Gasteiger partial charge in [0.15, 0.2) is 0 Å². The molecule has 0 aliphatic rings. The van der Waals surface area contributed by atoms with Crippen molar-refractivity contribution in [2.24, 2.45) is 0 Å². The Kier molecular flexibility index (Phi) is 4.55. The number of hydrogen-bond donors (Lipinski definition) is 2. The van der Waals surface area contributed by atoms with Gasteiger partial charge in [0, 0.05) is 17.9 Å². The molecule has 0 aliphatic heterocycles. The van der Waals surface area contributed by atoms with Crippen LogP contribution in [0.1, 0.15) is 22.5 Å². The van der Waals surface area contributed by atoms with E-state index in [0.717, 1.165) is 12.2 Å². The largest absolute Gasteiger partial charge is 0.475 e. The minimum Gasteiger partial charge on any atom is -0.475 e. The maximum atomic E-state index is 10.6. The van der Waals surface area contributed by atoms with Crippen LogP contribution in [0.25, 0.3) is 0 Å². The number of aromatic carboxylic acids is 1. The first-order valence-electron chi connectivity index (χ1n) is 4.24. The molecule has 0 aliphatic carbocycles. The number of aliphatic hydroxyl groups excluding tert-OH is 1. The summed E-state index contributed by atoms with van der Waals surface area (Å²) in [5.74, 6) is 0.410. The van der Waals surface area contributed by atoms with Crippen LogP contribution in [-0.4, -0.2) is 28.5 Å². The summed E-state index contributed by atoms with van der Waals surface area (Å²) >= 11 is 1.58. The van der Waals surface area contributed by atoms with E-state index < -0.39 is 5.97 Å². The lowest BCUT2D eigenvalue weighted by molar-refractivity contribution is 0.0661. The molecule has 1 aromatic heterocycles. The highest BCUT2D eigenvalue weighted by atomic mass is 32.2. The fraction of sp³-hybridized carbons (Fsp3) is 0.444. The summed E-state index contributed by atoms with van der Waals surface area (Å²) in [7, 11) is 0. The molecule has 5 heteroatoms. The molecule has 0 saturated heterocycles. The zero-order valence-electron chi connectivity index (χ0n) is 7.60. The summed E-state index contributed by atoms with van der Waals surface area (Å²) in [6.45, 7) is 0.171. The van der Waals surface area contributed by atoms with Crippen LogP contribution in [0.5, 0.6) is 0 Å². The molecule has 0 saturated carbocycles. The lowest BCUT2D eigenvalue weighted by Gasteiger charge is -1.98. The van der Waals surface area contributed by atoms with Gasteiger partial charge in [0.2, 0.25) is 5.76 Å². The lowest BCUT2D eigenvalue weighted by Crippen LogP contribution is -1.98.